The number of hydrogen-bond donors (Lipinski definition) is 0. The van der Waals surface area contributed by atoms with Gasteiger partial charge in [0.2, 0.25) is 0 Å². The van der Waals surface area contributed by atoms with Gasteiger partial charge in [0.1, 0.15) is 0 Å². The lowest BCUT2D eigenvalue weighted by molar-refractivity contribution is 0.557. The number of furan rings is 1. The van der Waals surface area contributed by atoms with E-state index in [0.29, 0.717) is 0 Å². The van der Waals surface area contributed by atoms with E-state index in [1.807, 2.05) is 13.0 Å². The van der Waals surface area contributed by atoms with Crippen LogP contribution in [0.25, 0.3) is 10.4 Å². The Morgan fingerprint density at radius 2 is 2.45 bits per heavy atom. The topological polar surface area (TPSA) is 13.1 Å². The number of hydrogen-bond acceptors (Lipinski definition) is 2. The zero-order valence-corrected chi connectivity index (χ0v) is 6.94. The molecule has 0 saturated carbocycles. The van der Waals surface area contributed by atoms with Crippen molar-refractivity contribution in [2.75, 3.05) is 0 Å². The third-order valence-corrected chi connectivity index (χ3v) is 2.45. The molecule has 1 nitrogen and oxygen atoms in total. The second-order valence-corrected chi connectivity index (χ2v) is 3.32. The van der Waals surface area contributed by atoms with Gasteiger partial charge in [-0.25, -0.2) is 0 Å². The molecule has 0 bridgehead atoms. The van der Waals surface area contributed by atoms with E-state index in [1.165, 1.54) is 4.88 Å². The maximum Gasteiger partial charge on any atom is 0.178 e. The van der Waals surface area contributed by atoms with Crippen LogP contribution in [0.15, 0.2) is 28.2 Å². The Labute approximate surface area is 69.3 Å². The minimum atomic E-state index is 1.08. The van der Waals surface area contributed by atoms with Crippen molar-refractivity contribution >= 4 is 11.3 Å². The van der Waals surface area contributed by atoms with Crippen molar-refractivity contribution in [2.24, 2.45) is 0 Å². The van der Waals surface area contributed by atoms with Crippen LogP contribution in [0, 0.1) is 13.2 Å². The van der Waals surface area contributed by atoms with Crippen LogP contribution < -0.4 is 0 Å². The van der Waals surface area contributed by atoms with Crippen molar-refractivity contribution in [3.8, 4) is 10.4 Å². The Hall–Kier alpha value is -1.02. The monoisotopic (exact) mass is 163 g/mol. The van der Waals surface area contributed by atoms with Gasteiger partial charge in [-0.05, 0) is 23.9 Å². The number of thiophene rings is 1. The molecule has 0 aliphatic carbocycles. The quantitative estimate of drug-likeness (QED) is 0.629. The number of rotatable bonds is 1. The Balaban J connectivity index is 2.53. The minimum Gasteiger partial charge on any atom is -0.460 e. The summed E-state index contributed by atoms with van der Waals surface area (Å²) in [7, 11) is 0. The van der Waals surface area contributed by atoms with Gasteiger partial charge in [-0.2, -0.15) is 0 Å². The molecule has 11 heavy (non-hydrogen) atoms. The van der Waals surface area contributed by atoms with Crippen molar-refractivity contribution in [3.63, 3.8) is 0 Å². The molecular weight excluding hydrogens is 156 g/mol. The van der Waals surface area contributed by atoms with Crippen LogP contribution in [0.4, 0.5) is 0 Å². The van der Waals surface area contributed by atoms with Gasteiger partial charge in [0, 0.05) is 10.4 Å². The molecule has 0 unspecified atom stereocenters. The van der Waals surface area contributed by atoms with Gasteiger partial charge in [0.15, 0.2) is 6.26 Å². The summed E-state index contributed by atoms with van der Waals surface area (Å²) in [5, 5.41) is 2.05. The molecule has 2 aromatic rings. The van der Waals surface area contributed by atoms with E-state index in [0.717, 1.165) is 11.1 Å². The van der Waals surface area contributed by atoms with Gasteiger partial charge in [-0.1, -0.05) is 6.07 Å². The van der Waals surface area contributed by atoms with Crippen LogP contribution in [0.5, 0.6) is 0 Å². The van der Waals surface area contributed by atoms with Crippen LogP contribution in [0.2, 0.25) is 0 Å². The fourth-order valence-corrected chi connectivity index (χ4v) is 1.76. The summed E-state index contributed by atoms with van der Waals surface area (Å²) in [6.45, 7) is 2.02. The zero-order valence-electron chi connectivity index (χ0n) is 6.13. The minimum absolute atomic E-state index is 1.08. The first kappa shape index (κ1) is 6.68. The van der Waals surface area contributed by atoms with Gasteiger partial charge >= 0.3 is 0 Å². The second-order valence-electron chi connectivity index (χ2n) is 2.37. The van der Waals surface area contributed by atoms with E-state index in [4.69, 9.17) is 4.42 Å². The van der Waals surface area contributed by atoms with E-state index < -0.39 is 0 Å². The van der Waals surface area contributed by atoms with Crippen molar-refractivity contribution in [1.29, 1.82) is 0 Å². The Morgan fingerprint density at radius 3 is 3.00 bits per heavy atom. The number of aryl methyl sites for hydroxylation is 1. The molecule has 0 amide bonds. The molecule has 2 rings (SSSR count). The Kier molecular flexibility index (Phi) is 1.55. The maximum atomic E-state index is 4.95. The van der Waals surface area contributed by atoms with Crippen molar-refractivity contribution < 1.29 is 4.42 Å². The fourth-order valence-electron chi connectivity index (χ4n) is 0.982. The first-order valence-corrected chi connectivity index (χ1v) is 4.25. The summed E-state index contributed by atoms with van der Waals surface area (Å²) >= 11 is 1.70. The van der Waals surface area contributed by atoms with Gasteiger partial charge in [0.05, 0.1) is 6.26 Å². The first-order chi connectivity index (χ1) is 5.38. The van der Waals surface area contributed by atoms with E-state index in [-0.39, 0.29) is 0 Å². The van der Waals surface area contributed by atoms with E-state index in [2.05, 4.69) is 17.7 Å². The van der Waals surface area contributed by atoms with Crippen molar-refractivity contribution in [3.05, 3.63) is 35.6 Å². The van der Waals surface area contributed by atoms with E-state index >= 15 is 0 Å². The molecular formula is C9H7OS. The highest BCUT2D eigenvalue weighted by molar-refractivity contribution is 7.13. The third-order valence-electron chi connectivity index (χ3n) is 1.56. The second kappa shape index (κ2) is 2.55. The van der Waals surface area contributed by atoms with Crippen LogP contribution >= 0.6 is 11.3 Å². The molecule has 0 saturated heterocycles. The molecule has 1 radical (unpaired) electrons. The summed E-state index contributed by atoms with van der Waals surface area (Å²) in [5.41, 5.74) is 2.23. The third kappa shape index (κ3) is 1.10. The van der Waals surface area contributed by atoms with Crippen molar-refractivity contribution in [2.45, 2.75) is 6.92 Å². The molecule has 0 aliphatic heterocycles. The average Bonchev–Trinajstić information content (AvgIpc) is 2.55. The van der Waals surface area contributed by atoms with Gasteiger partial charge in [-0.15, -0.1) is 11.3 Å². The smallest absolute Gasteiger partial charge is 0.178 e. The molecule has 2 heteroatoms. The van der Waals surface area contributed by atoms with E-state index in [9.17, 15) is 0 Å². The molecule has 2 aromatic heterocycles. The SMILES string of the molecule is Cc1co[c]c1-c1cccs1. The normalized spacial score (nSPS) is 10.3. The molecule has 0 spiro atoms. The summed E-state index contributed by atoms with van der Waals surface area (Å²) in [6, 6.07) is 4.10. The zero-order chi connectivity index (χ0) is 7.68. The fraction of sp³-hybridized carbons (Fsp3) is 0.111. The predicted molar refractivity (Wildman–Crippen MR) is 45.6 cm³/mol. The van der Waals surface area contributed by atoms with Gasteiger partial charge < -0.3 is 4.42 Å². The summed E-state index contributed by atoms with van der Waals surface area (Å²) < 4.78 is 4.95. The summed E-state index contributed by atoms with van der Waals surface area (Å²) in [4.78, 5) is 1.22. The largest absolute Gasteiger partial charge is 0.460 e. The van der Waals surface area contributed by atoms with Gasteiger partial charge in [-0.3, -0.25) is 0 Å². The molecule has 0 fully saturated rings. The van der Waals surface area contributed by atoms with Crippen LogP contribution in [0.3, 0.4) is 0 Å². The lowest BCUT2D eigenvalue weighted by Crippen LogP contribution is -1.68. The molecule has 55 valence electrons. The van der Waals surface area contributed by atoms with E-state index in [1.54, 1.807) is 17.6 Å². The van der Waals surface area contributed by atoms with Gasteiger partial charge in [0.25, 0.3) is 0 Å². The maximum absolute atomic E-state index is 4.95. The standard InChI is InChI=1S/C9H7OS/c1-7-5-10-6-8(7)9-3-2-4-11-9/h2-5H,1H3. The lowest BCUT2D eigenvalue weighted by atomic mass is 10.2. The molecule has 0 atom stereocenters. The Bertz CT molecular complexity index is 332. The molecule has 0 aliphatic rings. The lowest BCUT2D eigenvalue weighted by Gasteiger charge is -1.89. The Morgan fingerprint density at radius 1 is 1.55 bits per heavy atom. The van der Waals surface area contributed by atoms with Crippen LogP contribution in [-0.4, -0.2) is 0 Å². The highest BCUT2D eigenvalue weighted by atomic mass is 32.1. The van der Waals surface area contributed by atoms with Crippen molar-refractivity contribution in [1.82, 2.24) is 0 Å². The van der Waals surface area contributed by atoms with Crippen LogP contribution in [-0.2, 0) is 0 Å². The molecule has 0 N–H and O–H groups in total. The molecule has 2 heterocycles. The summed E-state index contributed by atoms with van der Waals surface area (Å²) in [5.74, 6) is 0. The van der Waals surface area contributed by atoms with Crippen LogP contribution in [0.1, 0.15) is 5.56 Å². The summed E-state index contributed by atoms with van der Waals surface area (Å²) in [6.07, 6.45) is 4.56. The predicted octanol–water partition coefficient (Wildman–Crippen LogP) is 3.12. The highest BCUT2D eigenvalue weighted by Gasteiger charge is 2.04. The highest BCUT2D eigenvalue weighted by Crippen LogP contribution is 2.27. The average molecular weight is 163 g/mol. The first-order valence-electron chi connectivity index (χ1n) is 3.37. The molecule has 0 aromatic carbocycles.